The summed E-state index contributed by atoms with van der Waals surface area (Å²) in [5.74, 6) is -4.48. The van der Waals surface area contributed by atoms with Crippen molar-refractivity contribution in [1.82, 2.24) is 0 Å². The molecule has 166 valence electrons. The molecular formula is C22H30O8. The molecular weight excluding hydrogens is 392 g/mol. The van der Waals surface area contributed by atoms with Gasteiger partial charge in [0.25, 0.3) is 0 Å². The molecule has 0 aromatic carbocycles. The first-order valence-electron chi connectivity index (χ1n) is 10.8. The smallest absolute Gasteiger partial charge is 0.190 e. The van der Waals surface area contributed by atoms with Crippen molar-refractivity contribution < 1.29 is 39.4 Å². The van der Waals surface area contributed by atoms with Crippen molar-refractivity contribution in [1.29, 1.82) is 0 Å². The Hall–Kier alpha value is -0.870. The first-order valence-corrected chi connectivity index (χ1v) is 10.8. The lowest BCUT2D eigenvalue weighted by molar-refractivity contribution is -0.329. The van der Waals surface area contributed by atoms with Gasteiger partial charge in [-0.25, -0.2) is 0 Å². The molecule has 11 atom stereocenters. The first kappa shape index (κ1) is 19.8. The summed E-state index contributed by atoms with van der Waals surface area (Å²) in [6.07, 6.45) is 0.00558. The van der Waals surface area contributed by atoms with E-state index in [1.54, 1.807) is 26.8 Å². The standard InChI is InChI=1S/C22H30O8/c1-9-14(24)22(27)13(17(22,2)3)12-15-19(29-15)8-28-18(4,5)30-16(19)21(26)10(20(9,12)25)6-7-11(21)23/h6-7,9-10,12-16,24-27H,8H2,1-5H3/t9-,10+,12-,13-,14-,15+,16?,19+,20+,21-,22-/m1/s1. The Morgan fingerprint density at radius 1 is 1.10 bits per heavy atom. The fourth-order valence-corrected chi connectivity index (χ4v) is 7.78. The van der Waals surface area contributed by atoms with E-state index in [1.165, 1.54) is 6.08 Å². The summed E-state index contributed by atoms with van der Waals surface area (Å²) < 4.78 is 18.2. The van der Waals surface area contributed by atoms with Gasteiger partial charge in [0.15, 0.2) is 17.2 Å². The number of rotatable bonds is 0. The molecule has 5 fully saturated rings. The molecule has 0 amide bonds. The molecule has 2 heterocycles. The van der Waals surface area contributed by atoms with E-state index in [2.05, 4.69) is 0 Å². The van der Waals surface area contributed by atoms with Crippen LogP contribution < -0.4 is 0 Å². The molecule has 6 rings (SSSR count). The van der Waals surface area contributed by atoms with Crippen molar-refractivity contribution in [3.63, 3.8) is 0 Å². The van der Waals surface area contributed by atoms with E-state index < -0.39 is 81.4 Å². The lowest BCUT2D eigenvalue weighted by Gasteiger charge is -2.53. The van der Waals surface area contributed by atoms with Crippen molar-refractivity contribution in [2.24, 2.45) is 29.1 Å². The van der Waals surface area contributed by atoms with Gasteiger partial charge >= 0.3 is 0 Å². The molecule has 2 aliphatic heterocycles. The minimum absolute atomic E-state index is 0.104. The lowest BCUT2D eigenvalue weighted by Crippen LogP contribution is -2.69. The number of ether oxygens (including phenoxy) is 3. The molecule has 6 aliphatic rings. The van der Waals surface area contributed by atoms with Crippen molar-refractivity contribution in [3.8, 4) is 0 Å². The van der Waals surface area contributed by atoms with E-state index in [1.807, 2.05) is 13.8 Å². The molecule has 30 heavy (non-hydrogen) atoms. The van der Waals surface area contributed by atoms with Crippen LogP contribution in [0.4, 0.5) is 0 Å². The zero-order valence-electron chi connectivity index (χ0n) is 17.8. The monoisotopic (exact) mass is 422 g/mol. The van der Waals surface area contributed by atoms with Gasteiger partial charge in [0, 0.05) is 29.1 Å². The molecule has 4 N–H and O–H groups in total. The Labute approximate surface area is 174 Å². The Morgan fingerprint density at radius 3 is 2.43 bits per heavy atom. The second kappa shape index (κ2) is 4.88. The van der Waals surface area contributed by atoms with Crippen LogP contribution in [0.1, 0.15) is 34.6 Å². The van der Waals surface area contributed by atoms with Crippen LogP contribution in [0.25, 0.3) is 0 Å². The van der Waals surface area contributed by atoms with Crippen LogP contribution in [0.15, 0.2) is 12.2 Å². The van der Waals surface area contributed by atoms with Gasteiger partial charge in [-0.15, -0.1) is 0 Å². The number of hydrogen-bond donors (Lipinski definition) is 4. The summed E-state index contributed by atoms with van der Waals surface area (Å²) in [7, 11) is 0. The highest BCUT2D eigenvalue weighted by Gasteiger charge is 2.91. The summed E-state index contributed by atoms with van der Waals surface area (Å²) in [6, 6.07) is 0. The summed E-state index contributed by atoms with van der Waals surface area (Å²) in [5.41, 5.74) is -6.87. The number of ketones is 1. The molecule has 4 aliphatic carbocycles. The van der Waals surface area contributed by atoms with Gasteiger partial charge in [0.2, 0.25) is 0 Å². The van der Waals surface area contributed by atoms with Gasteiger partial charge in [-0.05, 0) is 19.9 Å². The topological polar surface area (TPSA) is 129 Å². The van der Waals surface area contributed by atoms with E-state index >= 15 is 0 Å². The minimum Gasteiger partial charge on any atom is -0.390 e. The number of aliphatic hydroxyl groups is 4. The average Bonchev–Trinajstić information content (AvgIpc) is 3.43. The molecule has 0 aromatic rings. The minimum atomic E-state index is -2.05. The van der Waals surface area contributed by atoms with E-state index in [9.17, 15) is 25.2 Å². The van der Waals surface area contributed by atoms with Gasteiger partial charge in [0.1, 0.15) is 17.3 Å². The molecule has 1 spiro atoms. The fourth-order valence-electron chi connectivity index (χ4n) is 7.78. The molecule has 3 saturated carbocycles. The summed E-state index contributed by atoms with van der Waals surface area (Å²) in [5, 5.41) is 46.7. The second-order valence-electron chi connectivity index (χ2n) is 11.4. The molecule has 2 saturated heterocycles. The second-order valence-corrected chi connectivity index (χ2v) is 11.4. The Morgan fingerprint density at radius 2 is 1.77 bits per heavy atom. The highest BCUT2D eigenvalue weighted by molar-refractivity contribution is 6.01. The normalized spacial score (nSPS) is 63.6. The molecule has 0 aromatic heterocycles. The van der Waals surface area contributed by atoms with Crippen LogP contribution in [0.3, 0.4) is 0 Å². The highest BCUT2D eigenvalue weighted by atomic mass is 16.8. The number of epoxide rings is 1. The molecule has 0 bridgehead atoms. The first-order chi connectivity index (χ1) is 13.7. The SMILES string of the molecule is C[C@@H]1[C@@H](O)[C@]2(O)[C@H]([C@@H]3[C@@H]4O[C@@]45COC(C)(C)OC5[C@]4(O)C(=O)C=C[C@H]4[C@]31O)C2(C)C. The number of hydrogen-bond acceptors (Lipinski definition) is 8. The Balaban J connectivity index is 1.59. The van der Waals surface area contributed by atoms with Crippen LogP contribution in [0.5, 0.6) is 0 Å². The van der Waals surface area contributed by atoms with Gasteiger partial charge in [-0.2, -0.15) is 0 Å². The quantitative estimate of drug-likeness (QED) is 0.385. The largest absolute Gasteiger partial charge is 0.390 e. The van der Waals surface area contributed by atoms with Crippen molar-refractivity contribution in [3.05, 3.63) is 12.2 Å². The van der Waals surface area contributed by atoms with Crippen molar-refractivity contribution in [2.75, 3.05) is 6.61 Å². The third-order valence-electron chi connectivity index (χ3n) is 9.54. The third-order valence-corrected chi connectivity index (χ3v) is 9.54. The molecule has 0 radical (unpaired) electrons. The third kappa shape index (κ3) is 1.71. The predicted molar refractivity (Wildman–Crippen MR) is 101 cm³/mol. The molecule has 1 unspecified atom stereocenters. The molecule has 8 nitrogen and oxygen atoms in total. The summed E-state index contributed by atoms with van der Waals surface area (Å²) in [6.45, 7) is 8.94. The number of fused-ring (bicyclic) bond motifs is 7. The van der Waals surface area contributed by atoms with Crippen LogP contribution in [-0.4, -0.2) is 79.3 Å². The molecule has 8 heteroatoms. The number of aliphatic hydroxyl groups excluding tert-OH is 1. The predicted octanol–water partition coefficient (Wildman–Crippen LogP) is -0.480. The number of carbonyl (C=O) groups excluding carboxylic acids is 1. The highest BCUT2D eigenvalue weighted by Crippen LogP contribution is 2.78. The lowest BCUT2D eigenvalue weighted by atomic mass is 9.58. The van der Waals surface area contributed by atoms with Crippen LogP contribution in [-0.2, 0) is 19.0 Å². The zero-order valence-corrected chi connectivity index (χ0v) is 17.8. The van der Waals surface area contributed by atoms with Gasteiger partial charge in [-0.3, -0.25) is 4.79 Å². The van der Waals surface area contributed by atoms with Crippen molar-refractivity contribution >= 4 is 5.78 Å². The Bertz CT molecular complexity index is 898. The van der Waals surface area contributed by atoms with E-state index in [-0.39, 0.29) is 6.61 Å². The van der Waals surface area contributed by atoms with Gasteiger partial charge in [0.05, 0.1) is 24.4 Å². The maximum Gasteiger partial charge on any atom is 0.190 e. The average molecular weight is 422 g/mol. The van der Waals surface area contributed by atoms with Crippen LogP contribution in [0.2, 0.25) is 0 Å². The van der Waals surface area contributed by atoms with Crippen molar-refractivity contribution in [2.45, 2.75) is 81.1 Å². The van der Waals surface area contributed by atoms with E-state index in [4.69, 9.17) is 14.2 Å². The van der Waals surface area contributed by atoms with E-state index in [0.29, 0.717) is 0 Å². The summed E-state index contributed by atoms with van der Waals surface area (Å²) >= 11 is 0. The number of carbonyl (C=O) groups is 1. The van der Waals surface area contributed by atoms with Crippen LogP contribution >= 0.6 is 0 Å². The van der Waals surface area contributed by atoms with Gasteiger partial charge < -0.3 is 34.6 Å². The Kier molecular flexibility index (Phi) is 3.22. The fraction of sp³-hybridized carbons (Fsp3) is 0.864. The summed E-state index contributed by atoms with van der Waals surface area (Å²) in [4.78, 5) is 13.1. The maximum atomic E-state index is 13.1. The van der Waals surface area contributed by atoms with Crippen LogP contribution in [0, 0.1) is 29.1 Å². The van der Waals surface area contributed by atoms with Gasteiger partial charge in [-0.1, -0.05) is 26.8 Å². The van der Waals surface area contributed by atoms with E-state index in [0.717, 1.165) is 0 Å². The zero-order chi connectivity index (χ0) is 21.9. The maximum absolute atomic E-state index is 13.1.